The zero-order valence-electron chi connectivity index (χ0n) is 26.0. The van der Waals surface area contributed by atoms with Crippen LogP contribution in [0.25, 0.3) is 50.6 Å². The lowest BCUT2D eigenvalue weighted by Crippen LogP contribution is -2.28. The molecular weight excluding hydrogens is 561 g/mol. The lowest BCUT2D eigenvalue weighted by molar-refractivity contribution is 0.368. The van der Waals surface area contributed by atoms with E-state index in [9.17, 15) is 0 Å². The summed E-state index contributed by atoms with van der Waals surface area (Å²) in [6.45, 7) is 25.1. The first-order valence-electron chi connectivity index (χ1n) is 15.1. The zero-order valence-corrected chi connectivity index (χ0v) is 26.8. The molecule has 226 valence electrons. The van der Waals surface area contributed by atoms with Gasteiger partial charge in [-0.2, -0.15) is 5.10 Å². The van der Waals surface area contributed by atoms with E-state index in [2.05, 4.69) is 94.5 Å². The Bertz CT molecular complexity index is 1900. The van der Waals surface area contributed by atoms with Crippen LogP contribution in [0.15, 0.2) is 97.5 Å². The number of pyridine rings is 1. The van der Waals surface area contributed by atoms with Gasteiger partial charge in [-0.1, -0.05) is 38.5 Å². The van der Waals surface area contributed by atoms with Gasteiger partial charge in [0.25, 0.3) is 0 Å². The van der Waals surface area contributed by atoms with E-state index in [-0.39, 0.29) is 0 Å². The molecule has 4 aromatic heterocycles. The van der Waals surface area contributed by atoms with Crippen molar-refractivity contribution in [1.82, 2.24) is 30.8 Å². The predicted molar refractivity (Wildman–Crippen MR) is 189 cm³/mol. The van der Waals surface area contributed by atoms with Crippen LogP contribution in [0.3, 0.4) is 0 Å². The van der Waals surface area contributed by atoms with Crippen LogP contribution in [0.4, 0.5) is 0 Å². The van der Waals surface area contributed by atoms with Gasteiger partial charge in [-0.15, -0.1) is 11.3 Å². The van der Waals surface area contributed by atoms with Crippen molar-refractivity contribution in [3.05, 3.63) is 113 Å². The van der Waals surface area contributed by atoms with Gasteiger partial charge in [-0.05, 0) is 118 Å². The van der Waals surface area contributed by atoms with Crippen LogP contribution in [0.2, 0.25) is 0 Å². The molecule has 1 fully saturated rings. The van der Waals surface area contributed by atoms with Crippen molar-refractivity contribution < 1.29 is 0 Å². The monoisotopic (exact) mass is 602 g/mol. The van der Waals surface area contributed by atoms with Gasteiger partial charge in [0.2, 0.25) is 0 Å². The van der Waals surface area contributed by atoms with E-state index in [1.165, 1.54) is 22.6 Å². The summed E-state index contributed by atoms with van der Waals surface area (Å²) < 4.78 is 0. The molecule has 4 N–H and O–H groups in total. The fraction of sp³-hybridized carbons (Fsp3) is 0.243. The highest BCUT2D eigenvalue weighted by molar-refractivity contribution is 7.16. The van der Waals surface area contributed by atoms with Crippen molar-refractivity contribution in [2.75, 3.05) is 13.1 Å². The number of hydrogen-bond acceptors (Lipinski definition) is 5. The van der Waals surface area contributed by atoms with Gasteiger partial charge in [-0.3, -0.25) is 5.10 Å². The highest BCUT2D eigenvalue weighted by atomic mass is 32.1. The molecule has 1 aliphatic rings. The summed E-state index contributed by atoms with van der Waals surface area (Å²) in [5.41, 5.74) is 8.49. The van der Waals surface area contributed by atoms with Gasteiger partial charge >= 0.3 is 0 Å². The Labute approximate surface area is 264 Å². The SMILES string of the molecule is C=C/C(=C\C(=C/C)C(=C)/C=c1/c(-c2cc3c(-c4ccc(C(=C)C)s4)ccnc3[nH]2)n[nH]/c1=C/C)NC(=C)CC1CCNCC1. The van der Waals surface area contributed by atoms with Crippen molar-refractivity contribution >= 4 is 40.1 Å². The van der Waals surface area contributed by atoms with E-state index < -0.39 is 0 Å². The van der Waals surface area contributed by atoms with Crippen LogP contribution in [0.5, 0.6) is 0 Å². The molecule has 0 bridgehead atoms. The second-order valence-corrected chi connectivity index (χ2v) is 12.4. The summed E-state index contributed by atoms with van der Waals surface area (Å²) in [6, 6.07) is 8.48. The molecule has 4 aromatic rings. The fourth-order valence-corrected chi connectivity index (χ4v) is 6.61. The first-order chi connectivity index (χ1) is 21.3. The van der Waals surface area contributed by atoms with Crippen molar-refractivity contribution in [1.29, 1.82) is 0 Å². The first-order valence-corrected chi connectivity index (χ1v) is 15.9. The summed E-state index contributed by atoms with van der Waals surface area (Å²) in [5, 5.41) is 17.8. The molecule has 0 spiro atoms. The van der Waals surface area contributed by atoms with E-state index in [0.29, 0.717) is 5.92 Å². The molecule has 0 aliphatic carbocycles. The van der Waals surface area contributed by atoms with Gasteiger partial charge < -0.3 is 15.6 Å². The summed E-state index contributed by atoms with van der Waals surface area (Å²) >= 11 is 1.74. The maximum Gasteiger partial charge on any atom is 0.138 e. The summed E-state index contributed by atoms with van der Waals surface area (Å²) in [4.78, 5) is 10.5. The highest BCUT2D eigenvalue weighted by Gasteiger charge is 2.16. The van der Waals surface area contributed by atoms with Crippen molar-refractivity contribution in [3.8, 4) is 21.8 Å². The maximum absolute atomic E-state index is 4.72. The molecule has 0 atom stereocenters. The number of allylic oxidation sites excluding steroid dienone is 7. The zero-order chi connectivity index (χ0) is 31.2. The quantitative estimate of drug-likeness (QED) is 0.135. The summed E-state index contributed by atoms with van der Waals surface area (Å²) in [6.07, 6.45) is 15.3. The van der Waals surface area contributed by atoms with Crippen LogP contribution < -0.4 is 21.2 Å². The van der Waals surface area contributed by atoms with Crippen molar-refractivity contribution in [2.24, 2.45) is 5.92 Å². The standard InChI is InChI=1S/C37H42N6S/c1-8-27(21-28(9-2)40-25(7)20-26-13-16-38-17-14-26)24(6)19-31-32(10-3)42-43-36(31)33-22-30-29(15-18-39-37(30)41-33)35-12-11-34(44-35)23(4)5/h8-12,15,18-19,21-22,26,38,40,42H,2,4,6-7,13-14,16-17,20H2,1,3,5H3,(H,39,41)/b27-8+,28-21+,31-19+,32-10+. The molecule has 0 saturated carbocycles. The normalized spacial score (nSPS) is 15.6. The molecule has 7 heteroatoms. The third kappa shape index (κ3) is 6.85. The number of aromatic nitrogens is 4. The minimum absolute atomic E-state index is 0.657. The predicted octanol–water partition coefficient (Wildman–Crippen LogP) is 7.36. The molecule has 0 unspecified atom stereocenters. The van der Waals surface area contributed by atoms with Gasteiger partial charge in [0.1, 0.15) is 11.3 Å². The Morgan fingerprint density at radius 1 is 1.14 bits per heavy atom. The third-order valence-corrected chi connectivity index (χ3v) is 9.33. The Balaban J connectivity index is 1.45. The van der Waals surface area contributed by atoms with Gasteiger partial charge in [0, 0.05) is 43.5 Å². The Morgan fingerprint density at radius 3 is 2.61 bits per heavy atom. The van der Waals surface area contributed by atoms with Crippen LogP contribution in [0.1, 0.15) is 44.9 Å². The molecule has 0 radical (unpaired) electrons. The van der Waals surface area contributed by atoms with Crippen LogP contribution in [0, 0.1) is 5.92 Å². The molecule has 1 saturated heterocycles. The smallest absolute Gasteiger partial charge is 0.138 e. The molecular formula is C37H42N6S. The van der Waals surface area contributed by atoms with E-state index in [4.69, 9.17) is 5.10 Å². The van der Waals surface area contributed by atoms with Crippen LogP contribution >= 0.6 is 11.3 Å². The highest BCUT2D eigenvalue weighted by Crippen LogP contribution is 2.36. The largest absolute Gasteiger partial charge is 0.359 e. The molecule has 5 rings (SSSR count). The van der Waals surface area contributed by atoms with E-state index in [1.54, 1.807) is 11.3 Å². The minimum atomic E-state index is 0.657. The van der Waals surface area contributed by atoms with Crippen molar-refractivity contribution in [3.63, 3.8) is 0 Å². The first kappa shape index (κ1) is 31.0. The average Bonchev–Trinajstić information content (AvgIpc) is 3.78. The van der Waals surface area contributed by atoms with Gasteiger partial charge in [-0.25, -0.2) is 4.98 Å². The second-order valence-electron chi connectivity index (χ2n) is 11.3. The number of H-pyrrole nitrogens is 2. The molecule has 6 nitrogen and oxygen atoms in total. The number of hydrogen-bond donors (Lipinski definition) is 4. The van der Waals surface area contributed by atoms with Crippen LogP contribution in [-0.2, 0) is 0 Å². The van der Waals surface area contributed by atoms with Gasteiger partial charge in [0.15, 0.2) is 0 Å². The number of rotatable bonds is 11. The number of nitrogens with zero attached hydrogens (tertiary/aromatic N) is 2. The molecule has 1 aliphatic heterocycles. The molecule has 0 aromatic carbocycles. The Hall–Kier alpha value is -4.46. The lowest BCUT2D eigenvalue weighted by atomic mass is 9.93. The lowest BCUT2D eigenvalue weighted by Gasteiger charge is -2.24. The number of fused-ring (bicyclic) bond motifs is 1. The van der Waals surface area contributed by atoms with Crippen molar-refractivity contribution in [2.45, 2.75) is 40.0 Å². The van der Waals surface area contributed by atoms with Gasteiger partial charge in [0.05, 0.1) is 11.0 Å². The Kier molecular flexibility index (Phi) is 9.78. The molecule has 0 amide bonds. The minimum Gasteiger partial charge on any atom is -0.359 e. The number of piperidine rings is 1. The van der Waals surface area contributed by atoms with E-state index >= 15 is 0 Å². The fourth-order valence-electron chi connectivity index (χ4n) is 5.64. The number of thiophene rings is 1. The van der Waals surface area contributed by atoms with E-state index in [0.717, 1.165) is 86.2 Å². The average molecular weight is 603 g/mol. The summed E-state index contributed by atoms with van der Waals surface area (Å²) in [7, 11) is 0. The number of aromatic amines is 2. The van der Waals surface area contributed by atoms with Crippen LogP contribution in [-0.4, -0.2) is 33.3 Å². The number of nitrogens with one attached hydrogen (secondary N) is 4. The maximum atomic E-state index is 4.72. The topological polar surface area (TPSA) is 81.4 Å². The second kappa shape index (κ2) is 13.9. The summed E-state index contributed by atoms with van der Waals surface area (Å²) in [5.74, 6) is 0.657. The molecule has 5 heterocycles. The molecule has 44 heavy (non-hydrogen) atoms. The van der Waals surface area contributed by atoms with E-state index in [1.807, 2.05) is 39.1 Å². The Morgan fingerprint density at radius 2 is 1.93 bits per heavy atom. The third-order valence-electron chi connectivity index (χ3n) is 8.05.